The molecule has 13 rings (SSSR count). The van der Waals surface area contributed by atoms with Gasteiger partial charge in [-0.1, -0.05) is 104 Å². The van der Waals surface area contributed by atoms with Crippen LogP contribution < -0.4 is 0 Å². The fraction of sp³-hybridized carbons (Fsp3) is 0.473. The molecular formula is C55H58FN3. The summed E-state index contributed by atoms with van der Waals surface area (Å²) in [5.41, 5.74) is 11.4. The van der Waals surface area contributed by atoms with Crippen molar-refractivity contribution in [2.75, 3.05) is 0 Å². The van der Waals surface area contributed by atoms with Crippen molar-refractivity contribution in [3.05, 3.63) is 142 Å². The van der Waals surface area contributed by atoms with Gasteiger partial charge in [-0.05, 0) is 177 Å². The van der Waals surface area contributed by atoms with Gasteiger partial charge in [0, 0.05) is 28.0 Å². The molecule has 0 saturated heterocycles. The van der Waals surface area contributed by atoms with Gasteiger partial charge in [-0.15, -0.1) is 0 Å². The molecule has 3 aromatic rings. The van der Waals surface area contributed by atoms with Crippen molar-refractivity contribution in [1.29, 1.82) is 0 Å². The van der Waals surface area contributed by atoms with E-state index in [0.29, 0.717) is 45.8 Å². The predicted molar refractivity (Wildman–Crippen MR) is 237 cm³/mol. The van der Waals surface area contributed by atoms with E-state index in [1.54, 1.807) is 17.2 Å². The molecule has 6 saturated carbocycles. The third kappa shape index (κ3) is 5.88. The molecule has 59 heavy (non-hydrogen) atoms. The van der Waals surface area contributed by atoms with Crippen LogP contribution in [0.5, 0.6) is 0 Å². The van der Waals surface area contributed by atoms with Crippen LogP contribution in [0.15, 0.2) is 108 Å². The van der Waals surface area contributed by atoms with Crippen molar-refractivity contribution in [1.82, 2.24) is 15.0 Å². The minimum Gasteiger partial charge on any atom is -0.213 e. The molecule has 10 aliphatic carbocycles. The smallest absolute Gasteiger partial charge is 0.163 e. The average Bonchev–Trinajstić information content (AvgIpc) is 3.76. The van der Waals surface area contributed by atoms with E-state index >= 15 is 4.39 Å². The van der Waals surface area contributed by atoms with Crippen LogP contribution in [0.2, 0.25) is 0 Å². The van der Waals surface area contributed by atoms with Crippen molar-refractivity contribution in [2.45, 2.75) is 127 Å². The lowest BCUT2D eigenvalue weighted by Gasteiger charge is -2.69. The van der Waals surface area contributed by atoms with Crippen LogP contribution in [0.1, 0.15) is 143 Å². The Labute approximate surface area is 350 Å². The third-order valence-electron chi connectivity index (χ3n) is 17.3. The Morgan fingerprint density at radius 1 is 0.695 bits per heavy atom. The zero-order chi connectivity index (χ0) is 39.3. The van der Waals surface area contributed by atoms with Gasteiger partial charge in [0.1, 0.15) is 11.6 Å². The quantitative estimate of drug-likeness (QED) is 0.265. The van der Waals surface area contributed by atoms with Crippen LogP contribution in [0.3, 0.4) is 0 Å². The normalized spacial score (nSPS) is 34.9. The molecule has 2 aromatic carbocycles. The molecule has 4 heteroatoms. The van der Waals surface area contributed by atoms with Crippen molar-refractivity contribution < 1.29 is 4.39 Å². The average molecular weight is 780 g/mol. The van der Waals surface area contributed by atoms with Gasteiger partial charge in [0.15, 0.2) is 11.6 Å². The molecule has 1 heterocycles. The topological polar surface area (TPSA) is 38.7 Å². The zero-order valence-electron chi connectivity index (χ0n) is 34.8. The third-order valence-corrected chi connectivity index (χ3v) is 17.3. The van der Waals surface area contributed by atoms with Gasteiger partial charge >= 0.3 is 0 Å². The first-order valence-electron chi connectivity index (χ1n) is 23.4. The van der Waals surface area contributed by atoms with E-state index in [0.717, 1.165) is 66.0 Å². The first-order valence-corrected chi connectivity index (χ1v) is 23.4. The summed E-state index contributed by atoms with van der Waals surface area (Å²) in [5.74, 6) is 6.47. The van der Waals surface area contributed by atoms with E-state index in [4.69, 9.17) is 15.0 Å². The van der Waals surface area contributed by atoms with Crippen molar-refractivity contribution in [3.63, 3.8) is 0 Å². The maximum atomic E-state index is 17.0. The number of fused-ring (bicyclic) bond motifs is 9. The Bertz CT molecular complexity index is 2450. The Hall–Kier alpha value is -4.44. The Kier molecular flexibility index (Phi) is 8.68. The van der Waals surface area contributed by atoms with Crippen LogP contribution in [0, 0.1) is 47.7 Å². The lowest BCUT2D eigenvalue weighted by atomic mass is 9.35. The second-order valence-corrected chi connectivity index (χ2v) is 20.5. The molecule has 10 aliphatic rings. The van der Waals surface area contributed by atoms with E-state index < -0.39 is 0 Å². The Balaban J connectivity index is 0.937. The van der Waals surface area contributed by atoms with Crippen LogP contribution in [-0.4, -0.2) is 15.0 Å². The molecule has 0 amide bonds. The molecule has 3 nitrogen and oxygen atoms in total. The Morgan fingerprint density at radius 2 is 1.51 bits per heavy atom. The number of rotatable bonds is 4. The van der Waals surface area contributed by atoms with Crippen molar-refractivity contribution >= 4 is 5.57 Å². The standard InChI is InChI=1S/C55H58FN3/c1-34-44(21-22-48-50(34)46-13-3-2-4-14-47(46)55(48)24-23-39-27-40-32-54(55,31-39)33-40)45-20-19-43(30-49(45)56)53-58-51(41-17-15-35-9-5-7-11-37(25-35)28-41)57-52(59-53)42-18-16-36-10-6-8-12-38(26-36)29-42/h5-12,15,17,19-22,28,30,36,38-40,42,46-47H,2-4,13-14,16,18,23-27,29,31-33H2,1H3. The number of benzene rings is 2. The molecule has 6 fully saturated rings. The highest BCUT2D eigenvalue weighted by Gasteiger charge is 2.69. The van der Waals surface area contributed by atoms with Crippen molar-refractivity contribution in [3.8, 4) is 22.5 Å². The number of hydrogen-bond acceptors (Lipinski definition) is 3. The highest BCUT2D eigenvalue weighted by molar-refractivity contribution is 5.77. The summed E-state index contributed by atoms with van der Waals surface area (Å²) in [5, 5.41) is 0. The van der Waals surface area contributed by atoms with Crippen LogP contribution in [0.4, 0.5) is 4.39 Å². The van der Waals surface area contributed by atoms with Gasteiger partial charge in [-0.2, -0.15) is 0 Å². The maximum absolute atomic E-state index is 17.0. The number of allylic oxidation sites excluding steroid dienone is 14. The highest BCUT2D eigenvalue weighted by atomic mass is 19.1. The summed E-state index contributed by atoms with van der Waals surface area (Å²) >= 11 is 0. The summed E-state index contributed by atoms with van der Waals surface area (Å²) in [6.45, 7) is 2.33. The number of aromatic nitrogens is 3. The SMILES string of the molecule is Cc1c(-c2ccc(-c3nc(C4=CC5=CC=CC=C(C=C4)C5)nc(C4CCC5C=CC=CC(C5)C4)n3)cc2F)ccc2c1C1CCCCCC1C21CCC2CC3CC1(C2)C3. The minimum absolute atomic E-state index is 0.189. The van der Waals surface area contributed by atoms with Gasteiger partial charge in [-0.25, -0.2) is 19.3 Å². The molecule has 0 radical (unpaired) electrons. The summed E-state index contributed by atoms with van der Waals surface area (Å²) in [7, 11) is 0. The van der Waals surface area contributed by atoms with Gasteiger partial charge in [0.2, 0.25) is 0 Å². The van der Waals surface area contributed by atoms with Crippen LogP contribution >= 0.6 is 0 Å². The fourth-order valence-corrected chi connectivity index (χ4v) is 15.0. The van der Waals surface area contributed by atoms with E-state index in [9.17, 15) is 0 Å². The predicted octanol–water partition coefficient (Wildman–Crippen LogP) is 14.0. The van der Waals surface area contributed by atoms with E-state index in [-0.39, 0.29) is 11.7 Å². The molecule has 2 spiro atoms. The van der Waals surface area contributed by atoms with Crippen LogP contribution in [0.25, 0.3) is 28.1 Å². The number of halogens is 1. The molecule has 7 atom stereocenters. The van der Waals surface area contributed by atoms with Gasteiger partial charge in [-0.3, -0.25) is 0 Å². The molecule has 300 valence electrons. The van der Waals surface area contributed by atoms with Crippen molar-refractivity contribution in [2.24, 2.45) is 35.0 Å². The second kappa shape index (κ2) is 14.1. The molecule has 7 bridgehead atoms. The van der Waals surface area contributed by atoms with E-state index in [1.807, 2.05) is 6.07 Å². The lowest BCUT2D eigenvalue weighted by Crippen LogP contribution is -2.62. The van der Waals surface area contributed by atoms with Gasteiger partial charge < -0.3 is 0 Å². The molecular weight excluding hydrogens is 722 g/mol. The van der Waals surface area contributed by atoms with Gasteiger partial charge in [0.05, 0.1) is 0 Å². The van der Waals surface area contributed by atoms with Crippen LogP contribution in [-0.2, 0) is 5.41 Å². The molecule has 0 aliphatic heterocycles. The monoisotopic (exact) mass is 779 g/mol. The largest absolute Gasteiger partial charge is 0.213 e. The summed E-state index contributed by atoms with van der Waals surface area (Å²) < 4.78 is 17.0. The molecule has 1 aromatic heterocycles. The number of hydrogen-bond donors (Lipinski definition) is 0. The minimum atomic E-state index is -0.189. The second-order valence-electron chi connectivity index (χ2n) is 20.5. The lowest BCUT2D eigenvalue weighted by molar-refractivity contribution is -0.154. The van der Waals surface area contributed by atoms with Gasteiger partial charge in [0.25, 0.3) is 0 Å². The Morgan fingerprint density at radius 3 is 2.41 bits per heavy atom. The number of nitrogens with zero attached hydrogens (tertiary/aromatic N) is 3. The van der Waals surface area contributed by atoms with E-state index in [1.165, 1.54) is 93.8 Å². The summed E-state index contributed by atoms with van der Waals surface area (Å²) in [4.78, 5) is 15.6. The first kappa shape index (κ1) is 36.4. The molecule has 0 N–H and O–H groups in total. The fourth-order valence-electron chi connectivity index (χ4n) is 15.0. The summed E-state index contributed by atoms with van der Waals surface area (Å²) in [6, 6.07) is 10.6. The van der Waals surface area contributed by atoms with E-state index in [2.05, 4.69) is 92.0 Å². The zero-order valence-corrected chi connectivity index (χ0v) is 34.8. The maximum Gasteiger partial charge on any atom is 0.163 e. The first-order chi connectivity index (χ1) is 28.9. The highest BCUT2D eigenvalue weighted by Crippen LogP contribution is 2.77. The summed E-state index contributed by atoms with van der Waals surface area (Å²) in [6.07, 6.45) is 45.0. The molecule has 7 unspecified atom stereocenters.